The van der Waals surface area contributed by atoms with Gasteiger partial charge in [0.2, 0.25) is 53.2 Å². The highest BCUT2D eigenvalue weighted by Gasteiger charge is 2.45. The van der Waals surface area contributed by atoms with E-state index in [0.717, 1.165) is 4.90 Å². The molecule has 9 amide bonds. The number of hydrogen-bond acceptors (Lipinski definition) is 18. The number of rotatable bonds is 20. The Balaban J connectivity index is 1.41. The number of H-pyrrole nitrogens is 1. The molecule has 0 aliphatic carbocycles. The summed E-state index contributed by atoms with van der Waals surface area (Å²) in [6.45, 7) is 4.77. The van der Waals surface area contributed by atoms with Crippen LogP contribution in [-0.4, -0.2) is 210 Å². The fourth-order valence-electron chi connectivity index (χ4n) is 11.1. The number of aliphatic carboxylic acids is 1. The minimum absolute atomic E-state index is 0.0474. The number of nitrogens with two attached hydrogens (primary N) is 1. The summed E-state index contributed by atoms with van der Waals surface area (Å²) in [5.41, 5.74) is 6.66. The molecule has 2 fully saturated rings. The Morgan fingerprint density at radius 3 is 2.28 bits per heavy atom. The topological polar surface area (TPSA) is 433 Å². The minimum atomic E-state index is -2.43. The van der Waals surface area contributed by atoms with Gasteiger partial charge in [0.15, 0.2) is 11.6 Å². The number of methoxy groups -OCH3 is 1. The number of ketones is 2. The number of aromatic nitrogens is 1. The van der Waals surface area contributed by atoms with Crippen LogP contribution in [0.4, 0.5) is 0 Å². The lowest BCUT2D eigenvalue weighted by Crippen LogP contribution is -2.60. The first-order valence-corrected chi connectivity index (χ1v) is 31.6. The van der Waals surface area contributed by atoms with Gasteiger partial charge < -0.3 is 77.6 Å². The number of thioether (sulfide) groups is 1. The van der Waals surface area contributed by atoms with Crippen molar-refractivity contribution in [2.24, 2.45) is 35.3 Å². The van der Waals surface area contributed by atoms with Gasteiger partial charge in [-0.2, -0.15) is 0 Å². The minimum Gasteiger partial charge on any atom is -0.496 e. The molecule has 0 saturated carbocycles. The number of carbonyl (C=O) groups is 12. The molecule has 5 heterocycles. The van der Waals surface area contributed by atoms with Crippen LogP contribution in [0.15, 0.2) is 17.2 Å². The lowest BCUT2D eigenvalue weighted by molar-refractivity contribution is -0.144. The highest BCUT2D eigenvalue weighted by atomic mass is 32.2. The third-order valence-corrected chi connectivity index (χ3v) is 19.3. The van der Waals surface area contributed by atoms with E-state index in [2.05, 4.69) is 36.9 Å². The lowest BCUT2D eigenvalue weighted by atomic mass is 9.85. The molecule has 480 valence electrons. The largest absolute Gasteiger partial charge is 0.496 e. The van der Waals surface area contributed by atoms with Crippen LogP contribution in [0.2, 0.25) is 0 Å². The molecule has 4 aliphatic heterocycles. The lowest BCUT2D eigenvalue weighted by Gasteiger charge is -2.39. The van der Waals surface area contributed by atoms with Crippen molar-refractivity contribution >= 4 is 104 Å². The van der Waals surface area contributed by atoms with Gasteiger partial charge >= 0.3 is 5.97 Å². The summed E-state index contributed by atoms with van der Waals surface area (Å²) >= 11 is 1.49. The zero-order valence-electron chi connectivity index (χ0n) is 49.5. The average molecular weight is 1260 g/mol. The summed E-state index contributed by atoms with van der Waals surface area (Å²) in [4.78, 5) is 170. The van der Waals surface area contributed by atoms with E-state index in [0.29, 0.717) is 67.5 Å². The molecule has 87 heavy (non-hydrogen) atoms. The summed E-state index contributed by atoms with van der Waals surface area (Å²) in [5.74, 6) is -14.9. The second-order valence-corrected chi connectivity index (χ2v) is 25.8. The van der Waals surface area contributed by atoms with Crippen LogP contribution in [0, 0.1) is 29.6 Å². The molecule has 2 aromatic rings. The Morgan fingerprint density at radius 1 is 0.897 bits per heavy atom. The van der Waals surface area contributed by atoms with Crippen molar-refractivity contribution in [1.29, 1.82) is 0 Å². The molecule has 6 rings (SSSR count). The number of aromatic amines is 1. The van der Waals surface area contributed by atoms with Crippen LogP contribution < -0.4 is 42.4 Å². The van der Waals surface area contributed by atoms with Crippen LogP contribution in [-0.2, 0) is 80.5 Å². The van der Waals surface area contributed by atoms with Crippen molar-refractivity contribution < 1.29 is 86.9 Å². The van der Waals surface area contributed by atoms with Crippen LogP contribution in [0.25, 0.3) is 10.9 Å². The molecule has 0 spiro atoms. The Kier molecular flexibility index (Phi) is 25.2. The van der Waals surface area contributed by atoms with E-state index in [-0.39, 0.29) is 46.2 Å². The molecule has 2 bridgehead atoms. The third kappa shape index (κ3) is 18.3. The maximum absolute atomic E-state index is 15.4. The number of carbonyl (C=O) groups excluding carboxylic acids is 11. The average Bonchev–Trinajstić information content (AvgIpc) is 1.76. The second kappa shape index (κ2) is 31.8. The van der Waals surface area contributed by atoms with E-state index in [4.69, 9.17) is 15.6 Å². The zero-order chi connectivity index (χ0) is 64.0. The number of primary amides is 1. The van der Waals surface area contributed by atoms with Gasteiger partial charge in [-0.25, -0.2) is 0 Å². The number of amides is 9. The predicted octanol–water partition coefficient (Wildman–Crippen LogP) is -2.20. The van der Waals surface area contributed by atoms with Crippen LogP contribution in [0.3, 0.4) is 0 Å². The fraction of sp³-hybridized carbons (Fsp3) is 0.649. The molecule has 13 N–H and O–H groups in total. The number of hydrogen-bond donors (Lipinski definition) is 12. The van der Waals surface area contributed by atoms with Crippen LogP contribution in [0.1, 0.15) is 103 Å². The standard InChI is InChI=1S/C57H82N10O18S2/c1-6-28(2)36-17-32(69)20-60-52(79)31-15-37-35-11-12-44(85-5)38(26-86-34-23-66(24-34)47(75)10-8-7-9-13-59-51(78)29(3)14-48(76)77)50(35)65-56(37)87(84)27-40(62-46(74)21-61-53(36)80)54(81)63-39(19-45(58)73)57(83)67-22-33(70)18-41(67)55(82)64-49(42(71)16-31)30(4)43(72)25-68/h11-12,28-31,33-34,36,39-41,43,49,65,68,70,72H,6-10,13-27H2,1-5H3,(H2,58,73)(H,59,78)(H,60,79)(H,61,80)(H,62,74)(H,63,81)(H,64,82)(H,76,77)/t28-,29?,30-,31+,33+,36-,39-,40-,41-,43-,49-,87?/m0/s1. The number of ether oxygens (including phenoxy) is 1. The molecule has 12 atom stereocenters. The molecular formula is C57H82N10O18S2. The SMILES string of the molecule is CC[C@H](C)[C@@H]1CC(=O)CNC(=O)[C@H]2CC(=O)[C@H]([C@@H](C)[C@@H](O)CO)NC(=O)[C@@H]3C[C@@H](O)CN3C(=O)[C@H](CC(N)=O)NC(=O)[C@H](CS(=O)c3[nH]c4c(CSC5CN(C(=O)CCCCCNC(=O)C(C)CC(=O)O)C5)c(OC)ccc4c3C2)NC(=O)CNC1=O. The molecule has 30 heteroatoms. The fourth-order valence-corrected chi connectivity index (χ4v) is 13.8. The number of benzene rings is 1. The van der Waals surface area contributed by atoms with Crippen molar-refractivity contribution in [2.75, 3.05) is 58.7 Å². The molecule has 2 unspecified atom stereocenters. The number of fused-ring (bicyclic) bond motifs is 5. The van der Waals surface area contributed by atoms with Crippen molar-refractivity contribution in [1.82, 2.24) is 46.7 Å². The Labute approximate surface area is 509 Å². The van der Waals surface area contributed by atoms with Crippen molar-refractivity contribution in [3.05, 3.63) is 23.3 Å². The zero-order valence-corrected chi connectivity index (χ0v) is 51.2. The van der Waals surface area contributed by atoms with E-state index in [1.807, 2.05) is 0 Å². The Morgan fingerprint density at radius 2 is 1.61 bits per heavy atom. The summed E-state index contributed by atoms with van der Waals surface area (Å²) in [6, 6.07) is -3.72. The van der Waals surface area contributed by atoms with Gasteiger partial charge in [0.25, 0.3) is 0 Å². The Hall–Kier alpha value is -7.02. The van der Waals surface area contributed by atoms with Gasteiger partial charge in [-0.3, -0.25) is 61.7 Å². The van der Waals surface area contributed by atoms with Gasteiger partial charge in [0.1, 0.15) is 28.9 Å². The van der Waals surface area contributed by atoms with E-state index >= 15 is 4.21 Å². The highest BCUT2D eigenvalue weighted by Crippen LogP contribution is 2.39. The second-order valence-electron chi connectivity index (χ2n) is 23.0. The van der Waals surface area contributed by atoms with Gasteiger partial charge in [-0.05, 0) is 42.9 Å². The number of carboxylic acid groups (broad SMARTS) is 1. The van der Waals surface area contributed by atoms with Crippen molar-refractivity contribution in [2.45, 2.75) is 151 Å². The summed E-state index contributed by atoms with van der Waals surface area (Å²) < 4.78 is 21.2. The van der Waals surface area contributed by atoms with Gasteiger partial charge in [-0.1, -0.05) is 40.5 Å². The molecule has 28 nitrogen and oxygen atoms in total. The third-order valence-electron chi connectivity index (χ3n) is 16.6. The predicted molar refractivity (Wildman–Crippen MR) is 314 cm³/mol. The quantitative estimate of drug-likeness (QED) is 0.0626. The maximum Gasteiger partial charge on any atom is 0.304 e. The van der Waals surface area contributed by atoms with Gasteiger partial charge in [-0.15, -0.1) is 11.8 Å². The van der Waals surface area contributed by atoms with E-state index in [1.54, 1.807) is 30.9 Å². The van der Waals surface area contributed by atoms with E-state index in [1.165, 1.54) is 32.7 Å². The number of carboxylic acids is 1. The summed E-state index contributed by atoms with van der Waals surface area (Å²) in [7, 11) is -0.993. The molecule has 2 saturated heterocycles. The molecular weight excluding hydrogens is 1180 g/mol. The highest BCUT2D eigenvalue weighted by molar-refractivity contribution is 7.99. The van der Waals surface area contributed by atoms with Crippen LogP contribution >= 0.6 is 11.8 Å². The van der Waals surface area contributed by atoms with Gasteiger partial charge in [0.05, 0.1) is 80.0 Å². The number of aliphatic hydroxyl groups excluding tert-OH is 3. The summed E-state index contributed by atoms with van der Waals surface area (Å²) in [5, 5.41) is 56.5. The van der Waals surface area contributed by atoms with Crippen molar-refractivity contribution in [3.63, 3.8) is 0 Å². The first-order valence-electron chi connectivity index (χ1n) is 29.3. The first-order chi connectivity index (χ1) is 41.2. The smallest absolute Gasteiger partial charge is 0.304 e. The molecule has 1 aromatic carbocycles. The monoisotopic (exact) mass is 1260 g/mol. The van der Waals surface area contributed by atoms with E-state index < -0.39 is 200 Å². The van der Waals surface area contributed by atoms with Crippen molar-refractivity contribution in [3.8, 4) is 5.75 Å². The van der Waals surface area contributed by atoms with Crippen LogP contribution in [0.5, 0.6) is 5.75 Å². The maximum atomic E-state index is 15.4. The Bertz CT molecular complexity index is 2950. The number of likely N-dealkylation sites (tertiary alicyclic amines) is 1. The number of nitrogens with zero attached hydrogens (tertiary/aromatic N) is 2. The first kappa shape index (κ1) is 69.1. The normalized spacial score (nSPS) is 25.5. The number of unbranched alkanes of at least 4 members (excludes halogenated alkanes) is 2. The molecule has 0 radical (unpaired) electrons. The van der Waals surface area contributed by atoms with E-state index in [9.17, 15) is 72.9 Å². The van der Waals surface area contributed by atoms with Gasteiger partial charge in [0, 0.05) is 97.5 Å². The number of Topliss-reactive ketones (excluding diaryl/α,β-unsaturated/α-hetero) is 2. The number of aliphatic hydroxyl groups is 3. The molecule has 4 aliphatic rings. The summed E-state index contributed by atoms with van der Waals surface area (Å²) in [6.07, 6.45) is -3.62. The number of nitrogens with one attached hydrogen (secondary N) is 7. The molecule has 1 aromatic heterocycles.